The number of aliphatic hydroxyl groups is 2. The Labute approximate surface area is 179 Å². The minimum Gasteiger partial charge on any atom is -0.463 e. The van der Waals surface area contributed by atoms with Crippen molar-refractivity contribution >= 4 is 5.97 Å². The summed E-state index contributed by atoms with van der Waals surface area (Å²) in [6.45, 7) is 5.98. The van der Waals surface area contributed by atoms with Crippen molar-refractivity contribution in [3.05, 3.63) is 12.2 Å². The van der Waals surface area contributed by atoms with E-state index in [1.807, 2.05) is 13.8 Å². The number of carbonyl (C=O) groups is 1. The van der Waals surface area contributed by atoms with Crippen molar-refractivity contribution in [3.63, 3.8) is 0 Å². The maximum absolute atomic E-state index is 11.5. The smallest absolute Gasteiger partial charge is 0.306 e. The second-order valence-electron chi connectivity index (χ2n) is 9.10. The summed E-state index contributed by atoms with van der Waals surface area (Å²) in [6, 6.07) is 0. The van der Waals surface area contributed by atoms with Gasteiger partial charge in [0.05, 0.1) is 18.3 Å². The molecule has 0 unspecified atom stereocenters. The average Bonchev–Trinajstić information content (AvgIpc) is 2.92. The van der Waals surface area contributed by atoms with Crippen molar-refractivity contribution in [1.82, 2.24) is 0 Å². The van der Waals surface area contributed by atoms with E-state index in [4.69, 9.17) is 4.74 Å². The summed E-state index contributed by atoms with van der Waals surface area (Å²) < 4.78 is 5.13. The molecule has 0 aromatic carbocycles. The minimum atomic E-state index is -0.394. The Kier molecular flexibility index (Phi) is 14.3. The summed E-state index contributed by atoms with van der Waals surface area (Å²) >= 11 is 0. The van der Waals surface area contributed by atoms with Gasteiger partial charge < -0.3 is 14.9 Å². The molecule has 29 heavy (non-hydrogen) atoms. The van der Waals surface area contributed by atoms with Gasteiger partial charge in [-0.15, -0.1) is 0 Å². The Balaban J connectivity index is 2.22. The van der Waals surface area contributed by atoms with Crippen LogP contribution in [0.25, 0.3) is 0 Å². The fraction of sp³-hybridized carbons (Fsp3) is 0.880. The van der Waals surface area contributed by atoms with Crippen LogP contribution in [0.1, 0.15) is 111 Å². The predicted octanol–water partition coefficient (Wildman–Crippen LogP) is 5.94. The van der Waals surface area contributed by atoms with E-state index in [0.29, 0.717) is 12.8 Å². The van der Waals surface area contributed by atoms with Gasteiger partial charge in [0.15, 0.2) is 0 Å². The lowest BCUT2D eigenvalue weighted by Crippen LogP contribution is -2.21. The van der Waals surface area contributed by atoms with Gasteiger partial charge in [-0.25, -0.2) is 0 Å². The molecule has 2 N–H and O–H groups in total. The number of allylic oxidation sites excluding steroid dienone is 2. The van der Waals surface area contributed by atoms with Crippen molar-refractivity contribution in [1.29, 1.82) is 0 Å². The molecule has 0 spiro atoms. The van der Waals surface area contributed by atoms with E-state index in [0.717, 1.165) is 32.1 Å². The van der Waals surface area contributed by atoms with E-state index in [1.165, 1.54) is 44.9 Å². The summed E-state index contributed by atoms with van der Waals surface area (Å²) in [5.41, 5.74) is 0. The van der Waals surface area contributed by atoms with Crippen LogP contribution in [0.5, 0.6) is 0 Å². The molecular formula is C25H46O4. The van der Waals surface area contributed by atoms with Crippen LogP contribution in [-0.2, 0) is 9.53 Å². The zero-order valence-corrected chi connectivity index (χ0v) is 19.2. The van der Waals surface area contributed by atoms with Gasteiger partial charge in [0.2, 0.25) is 0 Å². The van der Waals surface area contributed by atoms with Crippen molar-refractivity contribution in [2.24, 2.45) is 11.8 Å². The average molecular weight is 411 g/mol. The van der Waals surface area contributed by atoms with Crippen LogP contribution in [0.15, 0.2) is 12.2 Å². The van der Waals surface area contributed by atoms with Crippen LogP contribution in [0.4, 0.5) is 0 Å². The van der Waals surface area contributed by atoms with Crippen LogP contribution in [0, 0.1) is 11.8 Å². The highest BCUT2D eigenvalue weighted by molar-refractivity contribution is 5.69. The summed E-state index contributed by atoms with van der Waals surface area (Å²) in [5.74, 6) is 0.251. The molecule has 4 atom stereocenters. The number of carbonyl (C=O) groups excluding carboxylic acids is 1. The van der Waals surface area contributed by atoms with Crippen LogP contribution >= 0.6 is 0 Å². The normalized spacial score (nSPS) is 24.6. The zero-order valence-electron chi connectivity index (χ0n) is 19.2. The maximum atomic E-state index is 11.5. The summed E-state index contributed by atoms with van der Waals surface area (Å²) in [5, 5.41) is 20.7. The van der Waals surface area contributed by atoms with Gasteiger partial charge in [0, 0.05) is 6.42 Å². The molecular weight excluding hydrogens is 364 g/mol. The Morgan fingerprint density at radius 2 is 1.55 bits per heavy atom. The van der Waals surface area contributed by atoms with Gasteiger partial charge in [-0.1, -0.05) is 70.4 Å². The Hall–Kier alpha value is -0.870. The molecule has 0 radical (unpaired) electrons. The van der Waals surface area contributed by atoms with Gasteiger partial charge in [-0.05, 0) is 57.8 Å². The molecule has 1 aliphatic rings. The van der Waals surface area contributed by atoms with E-state index in [1.54, 1.807) is 0 Å². The number of esters is 1. The highest BCUT2D eigenvalue weighted by Crippen LogP contribution is 2.38. The molecule has 4 heteroatoms. The fourth-order valence-electron chi connectivity index (χ4n) is 4.48. The third-order valence-electron chi connectivity index (χ3n) is 6.11. The van der Waals surface area contributed by atoms with E-state index >= 15 is 0 Å². The van der Waals surface area contributed by atoms with Gasteiger partial charge in [0.1, 0.15) is 0 Å². The Morgan fingerprint density at radius 1 is 0.931 bits per heavy atom. The second kappa shape index (κ2) is 15.9. The first-order valence-electron chi connectivity index (χ1n) is 12.2. The van der Waals surface area contributed by atoms with Gasteiger partial charge in [-0.2, -0.15) is 0 Å². The molecule has 0 aromatic rings. The molecule has 1 aliphatic carbocycles. The lowest BCUT2D eigenvalue weighted by molar-refractivity contribution is -0.147. The van der Waals surface area contributed by atoms with Crippen LogP contribution in [0.3, 0.4) is 0 Å². The van der Waals surface area contributed by atoms with Crippen LogP contribution < -0.4 is 0 Å². The standard InChI is InChI=1S/C25H46O4/c1-4-5-6-7-8-9-10-13-16-21-22(24(27)19-23(21)26)17-14-11-12-15-18-25(28)29-20(2)3/h11,14,20-24,26-27H,4-10,12-13,15-19H2,1-3H3/b14-11-/t21-,22-,23-,24+/m1/s1. The number of ether oxygens (including phenoxy) is 1. The monoisotopic (exact) mass is 410 g/mol. The maximum Gasteiger partial charge on any atom is 0.306 e. The van der Waals surface area contributed by atoms with Gasteiger partial charge in [-0.3, -0.25) is 4.79 Å². The highest BCUT2D eigenvalue weighted by Gasteiger charge is 2.40. The van der Waals surface area contributed by atoms with E-state index in [2.05, 4.69) is 19.1 Å². The molecule has 4 nitrogen and oxygen atoms in total. The molecule has 0 bridgehead atoms. The largest absolute Gasteiger partial charge is 0.463 e. The molecule has 0 aliphatic heterocycles. The SMILES string of the molecule is CCCCCCCCCC[C@@H]1[C@@H](C/C=C\CCCC(=O)OC(C)C)[C@@H](O)C[C@H]1O. The topological polar surface area (TPSA) is 66.8 Å². The zero-order chi connectivity index (χ0) is 21.5. The molecule has 1 fully saturated rings. The summed E-state index contributed by atoms with van der Waals surface area (Å²) in [6.07, 6.45) is 18.2. The number of hydrogen-bond donors (Lipinski definition) is 2. The molecule has 0 amide bonds. The number of rotatable bonds is 16. The Bertz CT molecular complexity index is 446. The van der Waals surface area contributed by atoms with Crippen molar-refractivity contribution in [2.45, 2.75) is 129 Å². The lowest BCUT2D eigenvalue weighted by atomic mass is 9.86. The van der Waals surface area contributed by atoms with Crippen molar-refractivity contribution in [3.8, 4) is 0 Å². The number of aliphatic hydroxyl groups excluding tert-OH is 2. The van der Waals surface area contributed by atoms with Crippen LogP contribution in [0.2, 0.25) is 0 Å². The molecule has 170 valence electrons. The quantitative estimate of drug-likeness (QED) is 0.188. The fourth-order valence-corrected chi connectivity index (χ4v) is 4.48. The first-order chi connectivity index (χ1) is 14.0. The van der Waals surface area contributed by atoms with Gasteiger partial charge in [0.25, 0.3) is 0 Å². The first-order valence-corrected chi connectivity index (χ1v) is 12.2. The van der Waals surface area contributed by atoms with E-state index in [9.17, 15) is 15.0 Å². The number of unbranched alkanes of at least 4 members (excludes halogenated alkanes) is 8. The third-order valence-corrected chi connectivity index (χ3v) is 6.11. The van der Waals surface area contributed by atoms with E-state index < -0.39 is 6.10 Å². The van der Waals surface area contributed by atoms with Gasteiger partial charge >= 0.3 is 5.97 Å². The summed E-state index contributed by atoms with van der Waals surface area (Å²) in [7, 11) is 0. The second-order valence-corrected chi connectivity index (χ2v) is 9.10. The lowest BCUT2D eigenvalue weighted by Gasteiger charge is -2.22. The molecule has 0 aromatic heterocycles. The summed E-state index contributed by atoms with van der Waals surface area (Å²) in [4.78, 5) is 11.5. The molecule has 0 saturated heterocycles. The minimum absolute atomic E-state index is 0.0497. The molecule has 1 saturated carbocycles. The molecule has 1 rings (SSSR count). The van der Waals surface area contributed by atoms with Crippen molar-refractivity contribution in [2.75, 3.05) is 0 Å². The first kappa shape index (κ1) is 26.2. The highest BCUT2D eigenvalue weighted by atomic mass is 16.5. The Morgan fingerprint density at radius 3 is 2.21 bits per heavy atom. The number of hydrogen-bond acceptors (Lipinski definition) is 4. The van der Waals surface area contributed by atoms with Crippen LogP contribution in [-0.4, -0.2) is 34.5 Å². The van der Waals surface area contributed by atoms with Crippen molar-refractivity contribution < 1.29 is 19.7 Å². The predicted molar refractivity (Wildman–Crippen MR) is 120 cm³/mol. The third kappa shape index (κ3) is 11.8. The van der Waals surface area contributed by atoms with E-state index in [-0.39, 0.29) is 30.0 Å². The molecule has 0 heterocycles.